The van der Waals surface area contributed by atoms with E-state index in [9.17, 15) is 4.79 Å². The maximum absolute atomic E-state index is 9.66. The first kappa shape index (κ1) is 6.82. The summed E-state index contributed by atoms with van der Waals surface area (Å²) >= 11 is 3.99. The lowest BCUT2D eigenvalue weighted by Crippen LogP contribution is -2.31. The monoisotopic (exact) mass is 119 g/mol. The van der Waals surface area contributed by atoms with E-state index in [-0.39, 0.29) is 4.87 Å². The topological polar surface area (TPSA) is 29.1 Å². The number of carbonyl (C=O) groups is 1. The molecule has 0 fully saturated rings. The lowest BCUT2D eigenvalue weighted by Gasteiger charge is -2.14. The summed E-state index contributed by atoms with van der Waals surface area (Å²) in [5.41, 5.74) is 0. The molecule has 0 rings (SSSR count). The molecule has 0 aromatic carbocycles. The van der Waals surface area contributed by atoms with Crippen molar-refractivity contribution in [3.05, 3.63) is 0 Å². The molecule has 0 unspecified atom stereocenters. The van der Waals surface area contributed by atoms with E-state index < -0.39 is 0 Å². The maximum Gasteiger partial charge on any atom is 0.208 e. The van der Waals surface area contributed by atoms with Crippen LogP contribution in [-0.4, -0.2) is 11.3 Å². The predicted octanol–water partition coefficient (Wildman–Crippen LogP) is 0.398. The Balaban J connectivity index is 3.34. The van der Waals surface area contributed by atoms with Gasteiger partial charge in [0.25, 0.3) is 0 Å². The van der Waals surface area contributed by atoms with Crippen molar-refractivity contribution in [3.63, 3.8) is 0 Å². The molecule has 0 radical (unpaired) electrons. The van der Waals surface area contributed by atoms with Crippen LogP contribution in [0, 0.1) is 0 Å². The van der Waals surface area contributed by atoms with Gasteiger partial charge in [-0.25, -0.2) is 0 Å². The molecule has 1 amide bonds. The molecule has 0 spiro atoms. The second kappa shape index (κ2) is 2.21. The fourth-order valence-corrected chi connectivity index (χ4v) is 0.197. The predicted molar refractivity (Wildman–Crippen MR) is 32.3 cm³/mol. The van der Waals surface area contributed by atoms with Gasteiger partial charge in [-0.3, -0.25) is 4.79 Å². The first-order valence-corrected chi connectivity index (χ1v) is 2.45. The average Bonchev–Trinajstić information content (AvgIpc) is 1.30. The summed E-state index contributed by atoms with van der Waals surface area (Å²) in [5, 5.41) is 2.47. The fourth-order valence-electron chi connectivity index (χ4n) is 0.144. The van der Waals surface area contributed by atoms with Crippen molar-refractivity contribution in [1.29, 1.82) is 0 Å². The maximum atomic E-state index is 9.66. The highest BCUT2D eigenvalue weighted by Crippen LogP contribution is 2.03. The minimum absolute atomic E-state index is 0.373. The number of amides is 1. The third kappa shape index (κ3) is 5.82. The molecule has 0 heterocycles. The van der Waals surface area contributed by atoms with E-state index in [0.717, 1.165) is 0 Å². The van der Waals surface area contributed by atoms with Crippen LogP contribution in [0.2, 0.25) is 0 Å². The first-order chi connectivity index (χ1) is 3.06. The van der Waals surface area contributed by atoms with Crippen LogP contribution in [0.4, 0.5) is 0 Å². The van der Waals surface area contributed by atoms with Crippen molar-refractivity contribution in [2.24, 2.45) is 0 Å². The van der Waals surface area contributed by atoms with Crippen molar-refractivity contribution < 1.29 is 4.79 Å². The molecular formula is C4H9NOS. The molecule has 7 heavy (non-hydrogen) atoms. The molecule has 0 bridgehead atoms. The summed E-state index contributed by atoms with van der Waals surface area (Å²) in [6.45, 7) is 3.59. The number of rotatable bonds is 2. The van der Waals surface area contributed by atoms with E-state index in [4.69, 9.17) is 0 Å². The average molecular weight is 119 g/mol. The third-order valence-corrected chi connectivity index (χ3v) is 0.541. The molecule has 0 aromatic rings. The molecule has 0 aromatic heterocycles. The number of hydrogen-bond acceptors (Lipinski definition) is 2. The Morgan fingerprint density at radius 1 is 1.71 bits per heavy atom. The Kier molecular flexibility index (Phi) is 2.15. The third-order valence-electron chi connectivity index (χ3n) is 0.412. The molecule has 3 heteroatoms. The van der Waals surface area contributed by atoms with E-state index in [1.165, 1.54) is 0 Å². The summed E-state index contributed by atoms with van der Waals surface area (Å²) in [5.74, 6) is 0. The van der Waals surface area contributed by atoms with Gasteiger partial charge >= 0.3 is 0 Å². The van der Waals surface area contributed by atoms with Gasteiger partial charge in [0.1, 0.15) is 0 Å². The molecule has 0 atom stereocenters. The molecule has 2 nitrogen and oxygen atoms in total. The van der Waals surface area contributed by atoms with Gasteiger partial charge in [-0.05, 0) is 13.8 Å². The second-order valence-electron chi connectivity index (χ2n) is 1.82. The lowest BCUT2D eigenvalue weighted by atomic mass is 10.4. The van der Waals surface area contributed by atoms with Gasteiger partial charge in [-0.1, -0.05) is 0 Å². The number of hydrogen-bond donors (Lipinski definition) is 2. The van der Waals surface area contributed by atoms with Crippen molar-refractivity contribution in [2.75, 3.05) is 0 Å². The van der Waals surface area contributed by atoms with Crippen LogP contribution in [-0.2, 0) is 4.79 Å². The van der Waals surface area contributed by atoms with Gasteiger partial charge in [0.2, 0.25) is 6.41 Å². The Bertz CT molecular complexity index is 66.6. The van der Waals surface area contributed by atoms with Crippen molar-refractivity contribution in [1.82, 2.24) is 5.32 Å². The van der Waals surface area contributed by atoms with Crippen molar-refractivity contribution in [2.45, 2.75) is 18.7 Å². The molecule has 0 saturated heterocycles. The Morgan fingerprint density at radius 2 is 2.14 bits per heavy atom. The highest BCUT2D eigenvalue weighted by atomic mass is 32.1. The van der Waals surface area contributed by atoms with Crippen LogP contribution in [0.3, 0.4) is 0 Å². The van der Waals surface area contributed by atoms with Crippen LogP contribution in [0.15, 0.2) is 0 Å². The molecular weight excluding hydrogens is 110 g/mol. The van der Waals surface area contributed by atoms with Crippen LogP contribution in [0.1, 0.15) is 13.8 Å². The molecule has 0 aliphatic carbocycles. The van der Waals surface area contributed by atoms with Crippen molar-refractivity contribution >= 4 is 19.0 Å². The summed E-state index contributed by atoms with van der Waals surface area (Å²) in [4.78, 5) is 9.29. The van der Waals surface area contributed by atoms with Gasteiger partial charge in [0.15, 0.2) is 0 Å². The van der Waals surface area contributed by atoms with Gasteiger partial charge in [0, 0.05) is 0 Å². The molecule has 0 aliphatic rings. The van der Waals surface area contributed by atoms with E-state index >= 15 is 0 Å². The summed E-state index contributed by atoms with van der Waals surface area (Å²) < 4.78 is 0. The number of nitrogens with one attached hydrogen (secondary N) is 1. The molecule has 0 aliphatic heterocycles. The Labute approximate surface area is 48.7 Å². The van der Waals surface area contributed by atoms with E-state index in [0.29, 0.717) is 6.41 Å². The normalized spacial score (nSPS) is 10.7. The Morgan fingerprint density at radius 3 is 2.14 bits per heavy atom. The second-order valence-corrected chi connectivity index (χ2v) is 2.94. The zero-order valence-electron chi connectivity index (χ0n) is 4.43. The largest absolute Gasteiger partial charge is 0.345 e. The molecule has 1 N–H and O–H groups in total. The number of carbonyl (C=O) groups excluding carboxylic acids is 1. The highest BCUT2D eigenvalue weighted by Gasteiger charge is 2.05. The minimum Gasteiger partial charge on any atom is -0.345 e. The van der Waals surface area contributed by atoms with Crippen LogP contribution < -0.4 is 5.32 Å². The minimum atomic E-state index is -0.373. The fraction of sp³-hybridized carbons (Fsp3) is 0.750. The summed E-state index contributed by atoms with van der Waals surface area (Å²) in [6.07, 6.45) is 0.632. The zero-order chi connectivity index (χ0) is 5.91. The summed E-state index contributed by atoms with van der Waals surface area (Å²) in [7, 11) is 0. The highest BCUT2D eigenvalue weighted by molar-refractivity contribution is 7.81. The van der Waals surface area contributed by atoms with Gasteiger partial charge < -0.3 is 5.32 Å². The van der Waals surface area contributed by atoms with Gasteiger partial charge in [-0.15, -0.1) is 0 Å². The zero-order valence-corrected chi connectivity index (χ0v) is 5.33. The van der Waals surface area contributed by atoms with Gasteiger partial charge in [-0.2, -0.15) is 12.6 Å². The SMILES string of the molecule is CC(C)(S)NC=O. The van der Waals surface area contributed by atoms with E-state index in [1.54, 1.807) is 13.8 Å². The molecule has 0 saturated carbocycles. The van der Waals surface area contributed by atoms with E-state index in [1.807, 2.05) is 0 Å². The molecule has 42 valence electrons. The first-order valence-electron chi connectivity index (χ1n) is 2.00. The standard InChI is InChI=1S/C4H9NOS/c1-4(2,7)5-3-6/h3,7H,1-2H3,(H,5,6). The smallest absolute Gasteiger partial charge is 0.208 e. The van der Waals surface area contributed by atoms with E-state index in [2.05, 4.69) is 17.9 Å². The van der Waals surface area contributed by atoms with Crippen LogP contribution in [0.25, 0.3) is 0 Å². The number of thiol groups is 1. The lowest BCUT2D eigenvalue weighted by molar-refractivity contribution is -0.110. The Hall–Kier alpha value is -0.180. The van der Waals surface area contributed by atoms with Crippen LogP contribution >= 0.6 is 12.6 Å². The quantitative estimate of drug-likeness (QED) is 0.307. The van der Waals surface area contributed by atoms with Crippen molar-refractivity contribution in [3.8, 4) is 0 Å². The summed E-state index contributed by atoms with van der Waals surface area (Å²) in [6, 6.07) is 0. The van der Waals surface area contributed by atoms with Gasteiger partial charge in [0.05, 0.1) is 4.87 Å². The van der Waals surface area contributed by atoms with Crippen LogP contribution in [0.5, 0.6) is 0 Å².